The minimum absolute atomic E-state index is 0.340. The van der Waals surface area contributed by atoms with E-state index in [0.717, 1.165) is 38.3 Å². The largest absolute Gasteiger partial charge is 0.324 e. The molecule has 0 spiro atoms. The maximum atomic E-state index is 14.3. The molecule has 7 rings (SSSR count). The summed E-state index contributed by atoms with van der Waals surface area (Å²) in [6.45, 7) is 7.51. The molecule has 194 valence electrons. The Morgan fingerprint density at radius 2 is 1.26 bits per heavy atom. The van der Waals surface area contributed by atoms with Gasteiger partial charge in [-0.15, -0.1) is 23.2 Å². The number of likely N-dealkylation sites (tertiary alicyclic amines) is 1. The summed E-state index contributed by atoms with van der Waals surface area (Å²) in [6, 6.07) is 19.8. The van der Waals surface area contributed by atoms with Crippen LogP contribution in [0.4, 0.5) is 5.69 Å². The van der Waals surface area contributed by atoms with Crippen molar-refractivity contribution in [2.45, 2.75) is 43.5 Å². The van der Waals surface area contributed by atoms with Crippen LogP contribution in [0.3, 0.4) is 0 Å². The van der Waals surface area contributed by atoms with Crippen molar-refractivity contribution < 1.29 is 14.4 Å². The van der Waals surface area contributed by atoms with Crippen LogP contribution < -0.4 is 5.32 Å². The Balaban J connectivity index is 1.49. The minimum atomic E-state index is -1.28. The van der Waals surface area contributed by atoms with Crippen LogP contribution in [0.25, 0.3) is 0 Å². The lowest BCUT2D eigenvalue weighted by Crippen LogP contribution is -2.57. The van der Waals surface area contributed by atoms with Crippen molar-refractivity contribution in [3.63, 3.8) is 0 Å². The number of hydrogen-bond donors (Lipinski definition) is 1. The molecule has 1 heterocycles. The van der Waals surface area contributed by atoms with Crippen LogP contribution in [0.15, 0.2) is 66.7 Å². The summed E-state index contributed by atoms with van der Waals surface area (Å²) in [7, 11) is 0. The van der Waals surface area contributed by atoms with E-state index in [1.54, 1.807) is 0 Å². The van der Waals surface area contributed by atoms with Crippen molar-refractivity contribution in [2.24, 2.45) is 17.8 Å². The van der Waals surface area contributed by atoms with Crippen molar-refractivity contribution in [3.05, 3.63) is 100 Å². The van der Waals surface area contributed by atoms with Crippen molar-refractivity contribution in [3.8, 4) is 0 Å². The molecule has 1 N–H and O–H groups in total. The molecule has 3 aromatic carbocycles. The van der Waals surface area contributed by atoms with Crippen LogP contribution in [0.5, 0.6) is 0 Å². The smallest absolute Gasteiger partial charge is 0.247 e. The van der Waals surface area contributed by atoms with Gasteiger partial charge in [0, 0.05) is 5.69 Å². The second-order valence-electron chi connectivity index (χ2n) is 11.0. The molecular formula is C31H28Cl2N2O3. The molecule has 0 unspecified atom stereocenters. The van der Waals surface area contributed by atoms with Crippen molar-refractivity contribution in [1.29, 1.82) is 0 Å². The fourth-order valence-corrected chi connectivity index (χ4v) is 7.86. The zero-order valence-corrected chi connectivity index (χ0v) is 23.1. The lowest BCUT2D eigenvalue weighted by Gasteiger charge is -2.54. The minimum Gasteiger partial charge on any atom is -0.324 e. The zero-order valence-electron chi connectivity index (χ0n) is 21.6. The first-order chi connectivity index (χ1) is 18.0. The molecule has 3 atom stereocenters. The Labute approximate surface area is 232 Å². The first-order valence-corrected chi connectivity index (χ1v) is 13.6. The lowest BCUT2D eigenvalue weighted by molar-refractivity contribution is -0.148. The highest BCUT2D eigenvalue weighted by molar-refractivity contribution is 6.36. The van der Waals surface area contributed by atoms with Gasteiger partial charge in [0.1, 0.15) is 15.8 Å². The summed E-state index contributed by atoms with van der Waals surface area (Å²) in [6.07, 6.45) is 0. The fraction of sp³-hybridized carbons (Fsp3) is 0.323. The van der Waals surface area contributed by atoms with Crippen molar-refractivity contribution in [2.75, 3.05) is 5.32 Å². The van der Waals surface area contributed by atoms with Gasteiger partial charge in [0.15, 0.2) is 0 Å². The van der Waals surface area contributed by atoms with Crippen LogP contribution in [-0.4, -0.2) is 28.7 Å². The standard InChI is InChI=1S/C31H28Cl2N2O3/c1-16(2)26(27(36)34-23-15-17(3)13-14-18(23)4)35-28(37)24-25(29(35)38)31(33)20-10-6-5-9-19(20)30(24,32)21-11-7-8-12-22(21)31/h5-16,24-26H,1-4H3,(H,34,36)/t24-,25+,26-,30?,31?/m0/s1. The second kappa shape index (κ2) is 8.42. The van der Waals surface area contributed by atoms with Crippen molar-refractivity contribution in [1.82, 2.24) is 4.90 Å². The highest BCUT2D eigenvalue weighted by atomic mass is 35.5. The molecule has 3 aliphatic carbocycles. The summed E-state index contributed by atoms with van der Waals surface area (Å²) in [5.74, 6) is -3.54. The number of amides is 3. The molecular weight excluding hydrogens is 519 g/mol. The van der Waals surface area contributed by atoms with E-state index in [-0.39, 0.29) is 5.92 Å². The van der Waals surface area contributed by atoms with E-state index in [1.165, 1.54) is 0 Å². The van der Waals surface area contributed by atoms with E-state index < -0.39 is 45.3 Å². The molecule has 4 aliphatic rings. The topological polar surface area (TPSA) is 66.5 Å². The first-order valence-electron chi connectivity index (χ1n) is 12.9. The monoisotopic (exact) mass is 546 g/mol. The quantitative estimate of drug-likeness (QED) is 0.329. The van der Waals surface area contributed by atoms with Gasteiger partial charge in [0.05, 0.1) is 11.8 Å². The molecule has 0 saturated carbocycles. The van der Waals surface area contributed by atoms with Crippen LogP contribution in [0.1, 0.15) is 47.2 Å². The molecule has 1 fully saturated rings. The summed E-state index contributed by atoms with van der Waals surface area (Å²) in [5, 5.41) is 2.97. The highest BCUT2D eigenvalue weighted by Gasteiger charge is 2.73. The van der Waals surface area contributed by atoms with Gasteiger partial charge in [0.25, 0.3) is 0 Å². The van der Waals surface area contributed by atoms with Crippen molar-refractivity contribution >= 4 is 46.6 Å². The van der Waals surface area contributed by atoms with E-state index in [9.17, 15) is 14.4 Å². The Morgan fingerprint density at radius 1 is 0.816 bits per heavy atom. The molecule has 5 nitrogen and oxygen atoms in total. The molecule has 2 bridgehead atoms. The summed E-state index contributed by atoms with van der Waals surface area (Å²) in [5.41, 5.74) is 5.48. The summed E-state index contributed by atoms with van der Waals surface area (Å²) in [4.78, 5) is 41.0. The van der Waals surface area contributed by atoms with Crippen LogP contribution in [0, 0.1) is 31.6 Å². The van der Waals surface area contributed by atoms with Crippen LogP contribution >= 0.6 is 23.2 Å². The number of nitrogens with one attached hydrogen (secondary N) is 1. The molecule has 1 saturated heterocycles. The third-order valence-electron chi connectivity index (χ3n) is 8.45. The number of carbonyl (C=O) groups excluding carboxylic acids is 3. The number of nitrogens with zero attached hydrogens (tertiary/aromatic N) is 1. The molecule has 0 aromatic heterocycles. The third kappa shape index (κ3) is 3.09. The molecule has 7 heteroatoms. The summed E-state index contributed by atoms with van der Waals surface area (Å²) >= 11 is 15.0. The number of benzene rings is 3. The Hall–Kier alpha value is -3.15. The molecule has 3 aromatic rings. The number of alkyl halides is 2. The highest BCUT2D eigenvalue weighted by Crippen LogP contribution is 2.69. The Bertz CT molecular complexity index is 1410. The number of anilines is 1. The summed E-state index contributed by atoms with van der Waals surface area (Å²) < 4.78 is 0. The van der Waals surface area contributed by atoms with E-state index >= 15 is 0 Å². The molecule has 1 aliphatic heterocycles. The van der Waals surface area contributed by atoms with E-state index in [2.05, 4.69) is 5.32 Å². The number of rotatable bonds is 4. The molecule has 38 heavy (non-hydrogen) atoms. The van der Waals surface area contributed by atoms with Crippen LogP contribution in [-0.2, 0) is 24.1 Å². The fourth-order valence-electron chi connectivity index (χ4n) is 6.76. The van der Waals surface area contributed by atoms with Gasteiger partial charge < -0.3 is 5.32 Å². The van der Waals surface area contributed by atoms with Gasteiger partial charge in [0.2, 0.25) is 17.7 Å². The zero-order chi connectivity index (χ0) is 27.1. The van der Waals surface area contributed by atoms with Gasteiger partial charge in [-0.25, -0.2) is 0 Å². The average molecular weight is 547 g/mol. The number of imide groups is 1. The maximum Gasteiger partial charge on any atom is 0.247 e. The number of carbonyl (C=O) groups is 3. The normalized spacial score (nSPS) is 27.7. The predicted molar refractivity (Wildman–Crippen MR) is 148 cm³/mol. The van der Waals surface area contributed by atoms with Gasteiger partial charge in [-0.05, 0) is 59.2 Å². The first kappa shape index (κ1) is 25.1. The number of hydrogen-bond acceptors (Lipinski definition) is 3. The van der Waals surface area contributed by atoms with Gasteiger partial charge >= 0.3 is 0 Å². The predicted octanol–water partition coefficient (Wildman–Crippen LogP) is 5.86. The third-order valence-corrected chi connectivity index (χ3v) is 9.73. The second-order valence-corrected chi connectivity index (χ2v) is 12.2. The maximum absolute atomic E-state index is 14.3. The van der Waals surface area contributed by atoms with E-state index in [1.807, 2.05) is 94.4 Å². The molecule has 3 amide bonds. The lowest BCUT2D eigenvalue weighted by atomic mass is 9.54. The SMILES string of the molecule is Cc1ccc(C)c(NC(=O)[C@H](C(C)C)N2C(=O)[C@@H]3[C@H](C2=O)C2(Cl)c4ccccc4C3(Cl)c3ccccc32)c1. The number of aryl methyl sites for hydroxylation is 2. The van der Waals surface area contributed by atoms with Gasteiger partial charge in [-0.3, -0.25) is 19.3 Å². The van der Waals surface area contributed by atoms with Gasteiger partial charge in [-0.2, -0.15) is 0 Å². The van der Waals surface area contributed by atoms with E-state index in [4.69, 9.17) is 23.2 Å². The van der Waals surface area contributed by atoms with E-state index in [0.29, 0.717) is 5.69 Å². The Kier molecular flexibility index (Phi) is 5.57. The van der Waals surface area contributed by atoms with Gasteiger partial charge in [-0.1, -0.05) is 74.5 Å². The number of halogens is 2. The Morgan fingerprint density at radius 3 is 1.68 bits per heavy atom. The average Bonchev–Trinajstić information content (AvgIpc) is 3.16. The molecule has 0 radical (unpaired) electrons. The van der Waals surface area contributed by atoms with Crippen LogP contribution in [0.2, 0.25) is 0 Å².